The second-order valence-electron chi connectivity index (χ2n) is 3.34. The summed E-state index contributed by atoms with van der Waals surface area (Å²) in [6.45, 7) is 0. The van der Waals surface area contributed by atoms with Crippen LogP contribution in [0.4, 0.5) is 5.82 Å². The fourth-order valence-corrected chi connectivity index (χ4v) is 2.54. The summed E-state index contributed by atoms with van der Waals surface area (Å²) in [6, 6.07) is 3.01. The van der Waals surface area contributed by atoms with Gasteiger partial charge in [-0.05, 0) is 12.1 Å². The molecule has 0 aliphatic carbocycles. The van der Waals surface area contributed by atoms with E-state index in [0.29, 0.717) is 0 Å². The van der Waals surface area contributed by atoms with Crippen molar-refractivity contribution in [2.45, 2.75) is 4.90 Å². The van der Waals surface area contributed by atoms with Crippen molar-refractivity contribution in [3.05, 3.63) is 37.1 Å². The zero-order chi connectivity index (χ0) is 11.9. The summed E-state index contributed by atoms with van der Waals surface area (Å²) in [5, 5.41) is 2.84. The molecule has 0 atom stereocenters. The summed E-state index contributed by atoms with van der Waals surface area (Å²) in [7, 11) is -3.70. The number of hydrogen-bond acceptors (Lipinski definition) is 5. The van der Waals surface area contributed by atoms with Gasteiger partial charge in [-0.15, -0.1) is 4.40 Å². The highest BCUT2D eigenvalue weighted by Gasteiger charge is 2.26. The Labute approximate surface area is 96.9 Å². The average Bonchev–Trinajstić information content (AvgIpc) is 2.81. The molecule has 0 fully saturated rings. The Morgan fingerprint density at radius 1 is 1.29 bits per heavy atom. The van der Waals surface area contributed by atoms with Gasteiger partial charge in [-0.25, -0.2) is 9.97 Å². The van der Waals surface area contributed by atoms with Crippen LogP contribution in [0.15, 0.2) is 46.3 Å². The minimum absolute atomic E-state index is 0.0730. The molecule has 1 aliphatic rings. The van der Waals surface area contributed by atoms with Crippen LogP contribution in [0.5, 0.6) is 0 Å². The van der Waals surface area contributed by atoms with Gasteiger partial charge < -0.3 is 5.32 Å². The molecule has 0 unspecified atom stereocenters. The smallest absolute Gasteiger partial charge is 0.289 e. The van der Waals surface area contributed by atoms with Gasteiger partial charge in [0.25, 0.3) is 10.0 Å². The first-order chi connectivity index (χ1) is 8.17. The lowest BCUT2D eigenvalue weighted by Crippen LogP contribution is -2.27. The van der Waals surface area contributed by atoms with Crippen LogP contribution >= 0.6 is 0 Å². The Hall–Kier alpha value is -2.22. The van der Waals surface area contributed by atoms with Crippen LogP contribution in [0.2, 0.25) is 0 Å². The zero-order valence-electron chi connectivity index (χ0n) is 8.48. The molecule has 17 heavy (non-hydrogen) atoms. The Morgan fingerprint density at radius 2 is 2.18 bits per heavy atom. The van der Waals surface area contributed by atoms with Crippen LogP contribution in [0.3, 0.4) is 0 Å². The summed E-state index contributed by atoms with van der Waals surface area (Å²) in [6.07, 6.45) is 6.09. The second-order valence-corrected chi connectivity index (χ2v) is 4.91. The monoisotopic (exact) mass is 249 g/mol. The summed E-state index contributed by atoms with van der Waals surface area (Å²) in [5.41, 5.74) is 0. The maximum absolute atomic E-state index is 11.9. The van der Waals surface area contributed by atoms with Crippen molar-refractivity contribution in [3.63, 3.8) is 0 Å². The Morgan fingerprint density at radius 3 is 2.94 bits per heavy atom. The Bertz CT molecular complexity index is 690. The van der Waals surface area contributed by atoms with Gasteiger partial charge in [-0.2, -0.15) is 8.42 Å². The highest BCUT2D eigenvalue weighted by molar-refractivity contribution is 7.90. The predicted octanol–water partition coefficient (Wildman–Crippen LogP) is 0.297. The molecule has 1 aliphatic heterocycles. The van der Waals surface area contributed by atoms with Crippen LogP contribution in [-0.2, 0) is 10.0 Å². The van der Waals surface area contributed by atoms with Crippen LogP contribution < -0.4 is 5.32 Å². The highest BCUT2D eigenvalue weighted by Crippen LogP contribution is 2.24. The van der Waals surface area contributed by atoms with Crippen molar-refractivity contribution < 1.29 is 8.42 Å². The fraction of sp³-hybridized carbons (Fsp3) is 0. The number of imidazole rings is 1. The molecule has 0 aromatic carbocycles. The molecule has 0 radical (unpaired) electrons. The lowest BCUT2D eigenvalue weighted by molar-refractivity contribution is 0.597. The number of nitrogens with one attached hydrogen (secondary N) is 1. The average molecular weight is 249 g/mol. The number of pyridine rings is 1. The number of rotatable bonds is 0. The number of nitrogens with zero attached hydrogens (tertiary/aromatic N) is 4. The van der Waals surface area contributed by atoms with E-state index in [1.165, 1.54) is 29.4 Å². The molecule has 3 heterocycles. The maximum atomic E-state index is 11.9. The second kappa shape index (κ2) is 3.39. The molecule has 0 saturated heterocycles. The Kier molecular flexibility index (Phi) is 1.99. The molecule has 3 rings (SSSR count). The SMILES string of the molecule is O=S1(=O)N=C(n2ccnc2)Nc2ncccc21. The number of sulfonamides is 1. The van der Waals surface area contributed by atoms with Gasteiger partial charge in [0.2, 0.25) is 5.96 Å². The molecular weight excluding hydrogens is 242 g/mol. The van der Waals surface area contributed by atoms with E-state index in [4.69, 9.17) is 0 Å². The first-order valence-electron chi connectivity index (χ1n) is 4.72. The van der Waals surface area contributed by atoms with Crippen LogP contribution in [0, 0.1) is 0 Å². The van der Waals surface area contributed by atoms with E-state index >= 15 is 0 Å². The first-order valence-corrected chi connectivity index (χ1v) is 6.16. The van der Waals surface area contributed by atoms with Crippen molar-refractivity contribution in [3.8, 4) is 0 Å². The van der Waals surface area contributed by atoms with Gasteiger partial charge in [0, 0.05) is 18.6 Å². The third kappa shape index (κ3) is 1.58. The molecule has 0 amide bonds. The van der Waals surface area contributed by atoms with E-state index in [2.05, 4.69) is 19.7 Å². The molecule has 0 spiro atoms. The molecule has 1 N–H and O–H groups in total. The van der Waals surface area contributed by atoms with E-state index in [0.717, 1.165) is 0 Å². The van der Waals surface area contributed by atoms with Gasteiger partial charge in [0.1, 0.15) is 11.2 Å². The van der Waals surface area contributed by atoms with E-state index < -0.39 is 10.0 Å². The molecule has 2 aromatic heterocycles. The highest BCUT2D eigenvalue weighted by atomic mass is 32.2. The molecular formula is C9H7N5O2S. The third-order valence-corrected chi connectivity index (χ3v) is 3.53. The minimum atomic E-state index is -3.70. The van der Waals surface area contributed by atoms with Crippen molar-refractivity contribution in [1.82, 2.24) is 14.5 Å². The lowest BCUT2D eigenvalue weighted by Gasteiger charge is -2.16. The van der Waals surface area contributed by atoms with Gasteiger partial charge >= 0.3 is 0 Å². The van der Waals surface area contributed by atoms with E-state index in [1.807, 2.05) is 0 Å². The van der Waals surface area contributed by atoms with Crippen molar-refractivity contribution in [2.75, 3.05) is 5.32 Å². The van der Waals surface area contributed by atoms with Crippen LogP contribution in [0.25, 0.3) is 0 Å². The van der Waals surface area contributed by atoms with Crippen LogP contribution in [-0.4, -0.2) is 28.9 Å². The minimum Gasteiger partial charge on any atom is -0.308 e. The topological polar surface area (TPSA) is 89.2 Å². The number of fused-ring (bicyclic) bond motifs is 1. The lowest BCUT2D eigenvalue weighted by atomic mass is 10.4. The molecule has 86 valence electrons. The van der Waals surface area contributed by atoms with E-state index in [1.54, 1.807) is 12.3 Å². The first kappa shape index (κ1) is 9.97. The van der Waals surface area contributed by atoms with E-state index in [9.17, 15) is 8.42 Å². The van der Waals surface area contributed by atoms with Crippen LogP contribution in [0.1, 0.15) is 0 Å². The predicted molar refractivity (Wildman–Crippen MR) is 60.1 cm³/mol. The Balaban J connectivity index is 2.18. The molecule has 8 heteroatoms. The normalized spacial score (nSPS) is 16.8. The third-order valence-electron chi connectivity index (χ3n) is 2.23. The maximum Gasteiger partial charge on any atom is 0.289 e. The fourth-order valence-electron chi connectivity index (χ4n) is 1.48. The van der Waals surface area contributed by atoms with Gasteiger partial charge in [0.05, 0.1) is 0 Å². The number of anilines is 1. The standard InChI is InChI=1S/C9H7N5O2S/c15-17(16)7-2-1-3-11-8(7)12-9(13-17)14-5-4-10-6-14/h1-6H,(H,11,12,13). The number of hydrogen-bond donors (Lipinski definition) is 1. The summed E-state index contributed by atoms with van der Waals surface area (Å²) in [5.74, 6) is 0.430. The molecule has 2 aromatic rings. The van der Waals surface area contributed by atoms with Gasteiger partial charge in [0.15, 0.2) is 5.82 Å². The summed E-state index contributed by atoms with van der Waals surface area (Å²) >= 11 is 0. The summed E-state index contributed by atoms with van der Waals surface area (Å²) in [4.78, 5) is 7.87. The quantitative estimate of drug-likeness (QED) is 0.725. The molecule has 0 saturated carbocycles. The van der Waals surface area contributed by atoms with Crippen molar-refractivity contribution in [2.24, 2.45) is 4.40 Å². The zero-order valence-corrected chi connectivity index (χ0v) is 9.29. The molecule has 7 nitrogen and oxygen atoms in total. The van der Waals surface area contributed by atoms with Crippen molar-refractivity contribution >= 4 is 21.8 Å². The number of aromatic nitrogens is 3. The summed E-state index contributed by atoms with van der Waals surface area (Å²) < 4.78 is 28.9. The van der Waals surface area contributed by atoms with Gasteiger partial charge in [-0.3, -0.25) is 4.57 Å². The molecule has 0 bridgehead atoms. The van der Waals surface area contributed by atoms with Crippen molar-refractivity contribution in [1.29, 1.82) is 0 Å². The van der Waals surface area contributed by atoms with Gasteiger partial charge in [-0.1, -0.05) is 0 Å². The largest absolute Gasteiger partial charge is 0.308 e. The van der Waals surface area contributed by atoms with E-state index in [-0.39, 0.29) is 16.7 Å².